The SMILES string of the molecule is Cc1nn(Cc2cccc(Cl)c2)c(C)c1NC(=O)C1CC(c2c(F)cccc2Cl)=NO1. The Morgan fingerprint density at radius 2 is 2.03 bits per heavy atom. The van der Waals surface area contributed by atoms with Gasteiger partial charge < -0.3 is 10.2 Å². The smallest absolute Gasteiger partial charge is 0.268 e. The molecular weight excluding hydrogens is 442 g/mol. The normalized spacial score (nSPS) is 15.5. The van der Waals surface area contributed by atoms with Crippen LogP contribution in [0.25, 0.3) is 0 Å². The Kier molecular flexibility index (Phi) is 5.98. The Hall–Kier alpha value is -2.90. The number of hydrogen-bond donors (Lipinski definition) is 1. The number of amides is 1. The third-order valence-corrected chi connectivity index (χ3v) is 5.61. The molecule has 0 radical (unpaired) electrons. The lowest BCUT2D eigenvalue weighted by atomic mass is 10.0. The van der Waals surface area contributed by atoms with E-state index in [1.54, 1.807) is 10.7 Å². The number of hydrogen-bond acceptors (Lipinski definition) is 4. The second-order valence-corrected chi connectivity index (χ2v) is 8.10. The lowest BCUT2D eigenvalue weighted by Gasteiger charge is -2.11. The number of oxime groups is 1. The van der Waals surface area contributed by atoms with Gasteiger partial charge in [0, 0.05) is 11.4 Å². The molecule has 31 heavy (non-hydrogen) atoms. The number of carbonyl (C=O) groups is 1. The molecule has 0 aliphatic carbocycles. The van der Waals surface area contributed by atoms with Gasteiger partial charge >= 0.3 is 0 Å². The Morgan fingerprint density at radius 3 is 2.77 bits per heavy atom. The number of benzene rings is 2. The maximum absolute atomic E-state index is 14.1. The molecule has 0 saturated carbocycles. The van der Waals surface area contributed by atoms with E-state index in [1.807, 2.05) is 38.1 Å². The highest BCUT2D eigenvalue weighted by Crippen LogP contribution is 2.27. The largest absolute Gasteiger partial charge is 0.382 e. The van der Waals surface area contributed by atoms with Crippen molar-refractivity contribution in [1.82, 2.24) is 9.78 Å². The molecule has 2 aromatic carbocycles. The van der Waals surface area contributed by atoms with Crippen molar-refractivity contribution < 1.29 is 14.0 Å². The topological polar surface area (TPSA) is 68.5 Å². The Morgan fingerprint density at radius 1 is 1.26 bits per heavy atom. The van der Waals surface area contributed by atoms with E-state index in [4.69, 9.17) is 28.0 Å². The van der Waals surface area contributed by atoms with Gasteiger partial charge in [0.25, 0.3) is 5.91 Å². The third kappa shape index (κ3) is 4.43. The minimum atomic E-state index is -0.888. The second kappa shape index (κ2) is 8.69. The number of halogens is 3. The standard InChI is InChI=1S/C22H19Cl2FN4O2/c1-12-21(13(2)29(27-12)11-14-5-3-6-15(23)9-14)26-22(30)19-10-18(28-31-19)20-16(24)7-4-8-17(20)25/h3-9,19H,10-11H2,1-2H3,(H,26,30). The molecular formula is C22H19Cl2FN4O2. The summed E-state index contributed by atoms with van der Waals surface area (Å²) in [6, 6.07) is 11.9. The van der Waals surface area contributed by atoms with Crippen molar-refractivity contribution in [2.75, 3.05) is 5.32 Å². The first kappa shape index (κ1) is 21.3. The number of nitrogens with zero attached hydrogens (tertiary/aromatic N) is 3. The summed E-state index contributed by atoms with van der Waals surface area (Å²) in [5.74, 6) is -0.899. The van der Waals surface area contributed by atoms with Gasteiger partial charge in [-0.3, -0.25) is 9.48 Å². The summed E-state index contributed by atoms with van der Waals surface area (Å²) in [5.41, 5.74) is 3.52. The highest BCUT2D eigenvalue weighted by atomic mass is 35.5. The molecule has 1 N–H and O–H groups in total. The molecule has 1 aliphatic heterocycles. The second-order valence-electron chi connectivity index (χ2n) is 7.26. The molecule has 0 spiro atoms. The first-order valence-electron chi connectivity index (χ1n) is 9.60. The van der Waals surface area contributed by atoms with E-state index in [2.05, 4.69) is 15.6 Å². The predicted molar refractivity (Wildman–Crippen MR) is 118 cm³/mol. The first-order chi connectivity index (χ1) is 14.8. The van der Waals surface area contributed by atoms with Gasteiger partial charge in [0.05, 0.1) is 39.9 Å². The molecule has 1 aliphatic rings. The minimum absolute atomic E-state index is 0.112. The molecule has 4 rings (SSSR count). The quantitative estimate of drug-likeness (QED) is 0.573. The van der Waals surface area contributed by atoms with Crippen molar-refractivity contribution in [2.45, 2.75) is 32.9 Å². The number of nitrogens with one attached hydrogen (secondary N) is 1. The van der Waals surface area contributed by atoms with Crippen LogP contribution in [-0.2, 0) is 16.2 Å². The van der Waals surface area contributed by atoms with E-state index < -0.39 is 11.9 Å². The van der Waals surface area contributed by atoms with Gasteiger partial charge in [0.2, 0.25) is 6.10 Å². The van der Waals surface area contributed by atoms with Gasteiger partial charge in [-0.25, -0.2) is 4.39 Å². The molecule has 1 aromatic heterocycles. The zero-order chi connectivity index (χ0) is 22.1. The molecule has 2 heterocycles. The highest BCUT2D eigenvalue weighted by Gasteiger charge is 2.32. The summed E-state index contributed by atoms with van der Waals surface area (Å²) >= 11 is 12.2. The number of rotatable bonds is 5. The van der Waals surface area contributed by atoms with Crippen molar-refractivity contribution in [3.8, 4) is 0 Å². The zero-order valence-electron chi connectivity index (χ0n) is 16.8. The summed E-state index contributed by atoms with van der Waals surface area (Å²) in [5, 5.41) is 12.1. The van der Waals surface area contributed by atoms with Gasteiger partial charge in [-0.2, -0.15) is 5.10 Å². The minimum Gasteiger partial charge on any atom is -0.382 e. The summed E-state index contributed by atoms with van der Waals surface area (Å²) in [6.07, 6.45) is -0.776. The number of anilines is 1. The van der Waals surface area contributed by atoms with Crippen LogP contribution < -0.4 is 5.32 Å². The van der Waals surface area contributed by atoms with Crippen molar-refractivity contribution >= 4 is 40.5 Å². The molecule has 6 nitrogen and oxygen atoms in total. The Labute approximate surface area is 188 Å². The van der Waals surface area contributed by atoms with Crippen LogP contribution in [0.5, 0.6) is 0 Å². The fourth-order valence-electron chi connectivity index (χ4n) is 3.48. The summed E-state index contributed by atoms with van der Waals surface area (Å²) < 4.78 is 15.9. The zero-order valence-corrected chi connectivity index (χ0v) is 18.3. The maximum Gasteiger partial charge on any atom is 0.268 e. The van der Waals surface area contributed by atoms with Crippen LogP contribution in [0, 0.1) is 19.7 Å². The molecule has 0 fully saturated rings. The van der Waals surface area contributed by atoms with Crippen molar-refractivity contribution in [3.63, 3.8) is 0 Å². The molecule has 1 unspecified atom stereocenters. The molecule has 0 saturated heterocycles. The van der Waals surface area contributed by atoms with Gasteiger partial charge in [-0.05, 0) is 43.7 Å². The highest BCUT2D eigenvalue weighted by molar-refractivity contribution is 6.34. The van der Waals surface area contributed by atoms with Crippen LogP contribution in [0.1, 0.15) is 28.9 Å². The molecule has 160 valence electrons. The van der Waals surface area contributed by atoms with E-state index >= 15 is 0 Å². The lowest BCUT2D eigenvalue weighted by molar-refractivity contribution is -0.125. The van der Waals surface area contributed by atoms with Crippen molar-refractivity contribution in [1.29, 1.82) is 0 Å². The maximum atomic E-state index is 14.1. The van der Waals surface area contributed by atoms with Crippen LogP contribution in [0.15, 0.2) is 47.6 Å². The fourth-order valence-corrected chi connectivity index (χ4v) is 3.97. The Balaban J connectivity index is 1.47. The van der Waals surface area contributed by atoms with Gasteiger partial charge in [-0.15, -0.1) is 0 Å². The van der Waals surface area contributed by atoms with Crippen LogP contribution in [-0.4, -0.2) is 27.5 Å². The van der Waals surface area contributed by atoms with Gasteiger partial charge in [0.15, 0.2) is 0 Å². The van der Waals surface area contributed by atoms with E-state index in [0.29, 0.717) is 28.7 Å². The molecule has 0 bridgehead atoms. The van der Waals surface area contributed by atoms with E-state index in [0.717, 1.165) is 11.3 Å². The summed E-state index contributed by atoms with van der Waals surface area (Å²) in [7, 11) is 0. The average molecular weight is 461 g/mol. The molecule has 3 aromatic rings. The lowest BCUT2D eigenvalue weighted by Crippen LogP contribution is -2.28. The van der Waals surface area contributed by atoms with Crippen LogP contribution in [0.3, 0.4) is 0 Å². The van der Waals surface area contributed by atoms with Crippen LogP contribution >= 0.6 is 23.2 Å². The third-order valence-electron chi connectivity index (χ3n) is 5.06. The monoisotopic (exact) mass is 460 g/mol. The predicted octanol–water partition coefficient (Wildman–Crippen LogP) is 5.13. The van der Waals surface area contributed by atoms with Crippen LogP contribution in [0.2, 0.25) is 10.0 Å². The van der Waals surface area contributed by atoms with Crippen molar-refractivity contribution in [2.24, 2.45) is 5.16 Å². The fraction of sp³-hybridized carbons (Fsp3) is 0.227. The molecule has 9 heteroatoms. The van der Waals surface area contributed by atoms with E-state index in [1.165, 1.54) is 12.1 Å². The van der Waals surface area contributed by atoms with E-state index in [9.17, 15) is 9.18 Å². The van der Waals surface area contributed by atoms with Gasteiger partial charge in [0.1, 0.15) is 5.82 Å². The van der Waals surface area contributed by atoms with Crippen LogP contribution in [0.4, 0.5) is 10.1 Å². The summed E-state index contributed by atoms with van der Waals surface area (Å²) in [4.78, 5) is 18.1. The Bertz CT molecular complexity index is 1170. The number of aryl methyl sites for hydroxylation is 1. The number of carbonyl (C=O) groups excluding carboxylic acids is 1. The molecule has 1 amide bonds. The van der Waals surface area contributed by atoms with Gasteiger partial charge in [-0.1, -0.05) is 46.6 Å². The first-order valence-corrected chi connectivity index (χ1v) is 10.4. The molecule has 1 atom stereocenters. The van der Waals surface area contributed by atoms with Crippen molar-refractivity contribution in [3.05, 3.63) is 80.8 Å². The number of aromatic nitrogens is 2. The summed E-state index contributed by atoms with van der Waals surface area (Å²) in [6.45, 7) is 4.20. The average Bonchev–Trinajstić information content (AvgIpc) is 3.29. The van der Waals surface area contributed by atoms with E-state index in [-0.39, 0.29) is 22.9 Å².